The Hall–Kier alpha value is -1.76. The molecule has 1 aromatic carbocycles. The molecule has 2 N–H and O–H groups in total. The monoisotopic (exact) mass is 296 g/mol. The Bertz CT molecular complexity index is 535. The molecule has 6 nitrogen and oxygen atoms in total. The number of thioether (sulfide) groups is 1. The number of nitro benzene ring substituents is 1. The second-order valence-electron chi connectivity index (χ2n) is 4.80. The van der Waals surface area contributed by atoms with Crippen molar-refractivity contribution in [3.8, 4) is 5.75 Å². The molecular formula is C13H16N2O4S. The van der Waals surface area contributed by atoms with E-state index >= 15 is 0 Å². The van der Waals surface area contributed by atoms with Gasteiger partial charge in [-0.05, 0) is 37.7 Å². The summed E-state index contributed by atoms with van der Waals surface area (Å²) in [7, 11) is 0. The summed E-state index contributed by atoms with van der Waals surface area (Å²) in [5.74, 6) is -0.794. The maximum atomic E-state index is 12.0. The number of nitrogens with zero attached hydrogens (tertiary/aromatic N) is 1. The largest absolute Gasteiger partial charge is 0.502 e. The molecule has 108 valence electrons. The van der Waals surface area contributed by atoms with Gasteiger partial charge < -0.3 is 10.4 Å². The van der Waals surface area contributed by atoms with Crippen LogP contribution < -0.4 is 5.32 Å². The van der Waals surface area contributed by atoms with E-state index in [9.17, 15) is 20.0 Å². The van der Waals surface area contributed by atoms with Crippen molar-refractivity contribution in [2.24, 2.45) is 0 Å². The quantitative estimate of drug-likeness (QED) is 0.657. The van der Waals surface area contributed by atoms with E-state index in [4.69, 9.17) is 0 Å². The third kappa shape index (κ3) is 3.22. The molecular weight excluding hydrogens is 280 g/mol. The molecule has 1 amide bonds. The van der Waals surface area contributed by atoms with E-state index in [1.54, 1.807) is 11.8 Å². The molecule has 0 saturated heterocycles. The van der Waals surface area contributed by atoms with Crippen LogP contribution in [0.1, 0.15) is 29.6 Å². The van der Waals surface area contributed by atoms with Crippen molar-refractivity contribution in [3.63, 3.8) is 0 Å². The van der Waals surface area contributed by atoms with Crippen LogP contribution in [0, 0.1) is 10.1 Å². The molecule has 0 spiro atoms. The summed E-state index contributed by atoms with van der Waals surface area (Å²) in [5, 5.41) is 23.6. The zero-order chi connectivity index (χ0) is 14.7. The van der Waals surface area contributed by atoms with E-state index in [0.717, 1.165) is 31.4 Å². The summed E-state index contributed by atoms with van der Waals surface area (Å²) in [4.78, 5) is 21.9. The fourth-order valence-corrected chi connectivity index (χ4v) is 3.17. The lowest BCUT2D eigenvalue weighted by atomic mass is 10.1. The standard InChI is InChI=1S/C13H16N2O4S/c1-20-10-4-3-9(7-10)14-13(17)8-2-5-11(15(18)19)12(16)6-8/h2,5-6,9-10,16H,3-4,7H2,1H3,(H,14,17). The van der Waals surface area contributed by atoms with E-state index in [1.165, 1.54) is 6.07 Å². The second-order valence-corrected chi connectivity index (χ2v) is 5.94. The third-order valence-electron chi connectivity index (χ3n) is 3.49. The highest BCUT2D eigenvalue weighted by Gasteiger charge is 2.26. The van der Waals surface area contributed by atoms with Crippen LogP contribution in [0.5, 0.6) is 5.75 Å². The number of hydrogen-bond acceptors (Lipinski definition) is 5. The molecule has 0 aromatic heterocycles. The van der Waals surface area contributed by atoms with Gasteiger partial charge in [-0.3, -0.25) is 14.9 Å². The molecule has 0 heterocycles. The number of amides is 1. The van der Waals surface area contributed by atoms with E-state index in [1.807, 2.05) is 0 Å². The number of phenolic OH excluding ortho intramolecular Hbond substituents is 1. The number of carbonyl (C=O) groups excluding carboxylic acids is 1. The molecule has 0 bridgehead atoms. The maximum absolute atomic E-state index is 12.0. The maximum Gasteiger partial charge on any atom is 0.310 e. The molecule has 7 heteroatoms. The van der Waals surface area contributed by atoms with E-state index in [-0.39, 0.29) is 17.5 Å². The molecule has 2 rings (SSSR count). The Balaban J connectivity index is 2.03. The van der Waals surface area contributed by atoms with Crippen molar-refractivity contribution in [2.75, 3.05) is 6.26 Å². The van der Waals surface area contributed by atoms with Crippen LogP contribution in [0.2, 0.25) is 0 Å². The van der Waals surface area contributed by atoms with Crippen molar-refractivity contribution in [3.05, 3.63) is 33.9 Å². The van der Waals surface area contributed by atoms with Crippen LogP contribution in [0.15, 0.2) is 18.2 Å². The lowest BCUT2D eigenvalue weighted by molar-refractivity contribution is -0.385. The van der Waals surface area contributed by atoms with Gasteiger partial charge >= 0.3 is 5.69 Å². The Labute approximate surface area is 120 Å². The van der Waals surface area contributed by atoms with Crippen LogP contribution >= 0.6 is 11.8 Å². The minimum Gasteiger partial charge on any atom is -0.502 e. The van der Waals surface area contributed by atoms with Gasteiger partial charge in [0.25, 0.3) is 5.91 Å². The molecule has 1 fully saturated rings. The summed E-state index contributed by atoms with van der Waals surface area (Å²) in [5.41, 5.74) is -0.162. The lowest BCUT2D eigenvalue weighted by Gasteiger charge is -2.12. The zero-order valence-electron chi connectivity index (χ0n) is 11.0. The van der Waals surface area contributed by atoms with Crippen LogP contribution in [-0.2, 0) is 0 Å². The summed E-state index contributed by atoms with van der Waals surface area (Å²) in [6.07, 6.45) is 5.02. The topological polar surface area (TPSA) is 92.5 Å². The predicted molar refractivity (Wildman–Crippen MR) is 77.2 cm³/mol. The van der Waals surface area contributed by atoms with E-state index in [0.29, 0.717) is 5.25 Å². The van der Waals surface area contributed by atoms with Gasteiger partial charge in [0.15, 0.2) is 5.75 Å². The van der Waals surface area contributed by atoms with Gasteiger partial charge in [0.05, 0.1) is 4.92 Å². The van der Waals surface area contributed by atoms with Gasteiger partial charge in [0.2, 0.25) is 0 Å². The van der Waals surface area contributed by atoms with Crippen molar-refractivity contribution in [2.45, 2.75) is 30.6 Å². The number of nitrogens with one attached hydrogen (secondary N) is 1. The predicted octanol–water partition coefficient (Wildman–Crippen LogP) is 2.31. The molecule has 1 aromatic rings. The first kappa shape index (κ1) is 14.6. The van der Waals surface area contributed by atoms with Crippen molar-refractivity contribution in [1.82, 2.24) is 5.32 Å². The van der Waals surface area contributed by atoms with E-state index < -0.39 is 16.4 Å². The fraction of sp³-hybridized carbons (Fsp3) is 0.462. The van der Waals surface area contributed by atoms with Gasteiger partial charge in [-0.15, -0.1) is 0 Å². The van der Waals surface area contributed by atoms with Crippen molar-refractivity contribution in [1.29, 1.82) is 0 Å². The van der Waals surface area contributed by atoms with Crippen LogP contribution in [0.3, 0.4) is 0 Å². The average molecular weight is 296 g/mol. The van der Waals surface area contributed by atoms with Gasteiger partial charge in [-0.2, -0.15) is 11.8 Å². The Morgan fingerprint density at radius 1 is 1.50 bits per heavy atom. The molecule has 0 radical (unpaired) electrons. The Morgan fingerprint density at radius 2 is 2.25 bits per heavy atom. The number of carbonyl (C=O) groups is 1. The van der Waals surface area contributed by atoms with Crippen LogP contribution in [0.25, 0.3) is 0 Å². The summed E-state index contributed by atoms with van der Waals surface area (Å²) in [6, 6.07) is 3.77. The number of phenols is 1. The van der Waals surface area contributed by atoms with Gasteiger partial charge in [-0.1, -0.05) is 0 Å². The van der Waals surface area contributed by atoms with Crippen LogP contribution in [0.4, 0.5) is 5.69 Å². The lowest BCUT2D eigenvalue weighted by Crippen LogP contribution is -2.33. The number of aromatic hydroxyl groups is 1. The zero-order valence-corrected chi connectivity index (χ0v) is 11.9. The Kier molecular flexibility index (Phi) is 4.49. The van der Waals surface area contributed by atoms with Crippen LogP contribution in [-0.4, -0.2) is 33.5 Å². The molecule has 1 saturated carbocycles. The number of rotatable bonds is 4. The first-order chi connectivity index (χ1) is 9.51. The molecule has 0 aliphatic heterocycles. The first-order valence-corrected chi connectivity index (χ1v) is 7.61. The van der Waals surface area contributed by atoms with Gasteiger partial charge in [-0.25, -0.2) is 0 Å². The average Bonchev–Trinajstić information content (AvgIpc) is 2.85. The molecule has 1 aliphatic rings. The highest BCUT2D eigenvalue weighted by Crippen LogP contribution is 2.29. The van der Waals surface area contributed by atoms with Gasteiger partial charge in [0.1, 0.15) is 0 Å². The third-order valence-corrected chi connectivity index (χ3v) is 4.58. The number of nitro groups is 1. The molecule has 20 heavy (non-hydrogen) atoms. The smallest absolute Gasteiger partial charge is 0.310 e. The Morgan fingerprint density at radius 3 is 2.80 bits per heavy atom. The normalized spacial score (nSPS) is 21.6. The minimum atomic E-state index is -0.683. The van der Waals surface area contributed by atoms with Crippen molar-refractivity contribution >= 4 is 23.4 Å². The first-order valence-electron chi connectivity index (χ1n) is 6.32. The highest BCUT2D eigenvalue weighted by atomic mass is 32.2. The fourth-order valence-electron chi connectivity index (χ4n) is 2.37. The van der Waals surface area contributed by atoms with E-state index in [2.05, 4.69) is 11.6 Å². The second kappa shape index (κ2) is 6.13. The van der Waals surface area contributed by atoms with Gasteiger partial charge in [0, 0.05) is 22.9 Å². The summed E-state index contributed by atoms with van der Waals surface area (Å²) in [6.45, 7) is 0. The minimum absolute atomic E-state index is 0.136. The summed E-state index contributed by atoms with van der Waals surface area (Å²) >= 11 is 1.80. The molecule has 1 aliphatic carbocycles. The number of hydrogen-bond donors (Lipinski definition) is 2. The van der Waals surface area contributed by atoms with Crippen molar-refractivity contribution < 1.29 is 14.8 Å². The highest BCUT2D eigenvalue weighted by molar-refractivity contribution is 7.99. The SMILES string of the molecule is CSC1CCC(NC(=O)c2ccc([N+](=O)[O-])c(O)c2)C1. The summed E-state index contributed by atoms with van der Waals surface area (Å²) < 4.78 is 0. The number of benzene rings is 1. The molecule has 2 unspecified atom stereocenters. The molecule has 2 atom stereocenters.